The molecule has 0 unspecified atom stereocenters. The third kappa shape index (κ3) is 4.38. The second-order valence-electron chi connectivity index (χ2n) is 7.24. The summed E-state index contributed by atoms with van der Waals surface area (Å²) in [6, 6.07) is 6.98. The van der Waals surface area contributed by atoms with Gasteiger partial charge in [-0.3, -0.25) is 4.79 Å². The molecule has 4 rings (SSSR count). The highest BCUT2D eigenvalue weighted by atomic mass is 32.1. The number of amides is 2. The molecule has 2 aromatic heterocycles. The van der Waals surface area contributed by atoms with Gasteiger partial charge in [-0.15, -0.1) is 11.3 Å². The quantitative estimate of drug-likeness (QED) is 0.528. The molecule has 1 aliphatic rings. The topological polar surface area (TPSA) is 107 Å². The number of nitrogens with zero attached hydrogens (tertiary/aromatic N) is 1. The second kappa shape index (κ2) is 9.53. The van der Waals surface area contributed by atoms with Crippen LogP contribution in [-0.2, 0) is 22.4 Å². The summed E-state index contributed by atoms with van der Waals surface area (Å²) in [6.45, 7) is 4.66. The number of carbonyl (C=O) groups is 3. The van der Waals surface area contributed by atoms with E-state index in [1.165, 1.54) is 18.4 Å². The highest BCUT2D eigenvalue weighted by Gasteiger charge is 2.32. The molecule has 0 spiro atoms. The van der Waals surface area contributed by atoms with E-state index in [9.17, 15) is 14.4 Å². The lowest BCUT2D eigenvalue weighted by molar-refractivity contribution is 0.0526. The van der Waals surface area contributed by atoms with E-state index in [4.69, 9.17) is 18.6 Å². The van der Waals surface area contributed by atoms with Gasteiger partial charge in [0.1, 0.15) is 5.00 Å². The molecule has 33 heavy (non-hydrogen) atoms. The zero-order chi connectivity index (χ0) is 23.5. The molecule has 0 radical (unpaired) electrons. The molecule has 9 nitrogen and oxygen atoms in total. The van der Waals surface area contributed by atoms with Crippen LogP contribution in [0.1, 0.15) is 45.2 Å². The number of esters is 1. The van der Waals surface area contributed by atoms with Crippen LogP contribution in [0.15, 0.2) is 28.7 Å². The molecule has 0 saturated carbocycles. The molecule has 0 fully saturated rings. The van der Waals surface area contributed by atoms with E-state index < -0.39 is 18.0 Å². The van der Waals surface area contributed by atoms with Crippen molar-refractivity contribution < 1.29 is 33.0 Å². The van der Waals surface area contributed by atoms with Crippen molar-refractivity contribution in [1.82, 2.24) is 4.90 Å². The van der Waals surface area contributed by atoms with Crippen molar-refractivity contribution in [3.63, 3.8) is 0 Å². The highest BCUT2D eigenvalue weighted by molar-refractivity contribution is 7.17. The lowest BCUT2D eigenvalue weighted by atomic mass is 10.0. The predicted octanol–water partition coefficient (Wildman–Crippen LogP) is 4.45. The van der Waals surface area contributed by atoms with Crippen LogP contribution in [0.4, 0.5) is 9.80 Å². The summed E-state index contributed by atoms with van der Waals surface area (Å²) >= 11 is 1.24. The lowest BCUT2D eigenvalue weighted by Gasteiger charge is -2.26. The van der Waals surface area contributed by atoms with E-state index in [-0.39, 0.29) is 19.0 Å². The molecule has 3 heterocycles. The number of thiophene rings is 1. The van der Waals surface area contributed by atoms with Crippen LogP contribution in [0.25, 0.3) is 11.0 Å². The molecule has 2 amide bonds. The third-order valence-electron chi connectivity index (χ3n) is 5.24. The molecular formula is C23H24N2O7S. The fourth-order valence-electron chi connectivity index (χ4n) is 3.76. The smallest absolute Gasteiger partial charge is 0.410 e. The van der Waals surface area contributed by atoms with Crippen molar-refractivity contribution in [3.8, 4) is 5.75 Å². The number of carbonyl (C=O) groups excluding carboxylic acids is 3. The molecule has 1 aromatic carbocycles. The number of methoxy groups -OCH3 is 1. The molecule has 0 saturated heterocycles. The Bertz CT molecular complexity index is 1210. The van der Waals surface area contributed by atoms with Gasteiger partial charge in [-0.1, -0.05) is 12.1 Å². The highest BCUT2D eigenvalue weighted by Crippen LogP contribution is 2.38. The lowest BCUT2D eigenvalue weighted by Crippen LogP contribution is -2.36. The number of hydrogen-bond donors (Lipinski definition) is 1. The summed E-state index contributed by atoms with van der Waals surface area (Å²) in [4.78, 5) is 40.3. The van der Waals surface area contributed by atoms with Gasteiger partial charge in [0.25, 0.3) is 5.91 Å². The van der Waals surface area contributed by atoms with Gasteiger partial charge in [0.2, 0.25) is 0 Å². The van der Waals surface area contributed by atoms with Gasteiger partial charge < -0.3 is 28.8 Å². The number of benzene rings is 1. The van der Waals surface area contributed by atoms with Gasteiger partial charge in [-0.2, -0.15) is 0 Å². The van der Waals surface area contributed by atoms with Crippen molar-refractivity contribution in [2.75, 3.05) is 32.2 Å². The summed E-state index contributed by atoms with van der Waals surface area (Å²) < 4.78 is 21.4. The Hall–Kier alpha value is -3.53. The van der Waals surface area contributed by atoms with E-state index in [1.54, 1.807) is 36.9 Å². The minimum absolute atomic E-state index is 0.0869. The summed E-state index contributed by atoms with van der Waals surface area (Å²) in [7, 11) is 1.53. The molecule has 0 bridgehead atoms. The maximum absolute atomic E-state index is 13.0. The van der Waals surface area contributed by atoms with Crippen LogP contribution in [0.5, 0.6) is 5.75 Å². The molecule has 1 aliphatic heterocycles. The molecule has 0 atom stereocenters. The number of rotatable bonds is 6. The van der Waals surface area contributed by atoms with Crippen LogP contribution in [0, 0.1) is 0 Å². The first-order valence-electron chi connectivity index (χ1n) is 10.6. The van der Waals surface area contributed by atoms with Crippen LogP contribution in [0.3, 0.4) is 0 Å². The van der Waals surface area contributed by atoms with E-state index >= 15 is 0 Å². The first-order chi connectivity index (χ1) is 16.0. The number of hydrogen-bond acceptors (Lipinski definition) is 8. The number of anilines is 1. The minimum Gasteiger partial charge on any atom is -0.493 e. The van der Waals surface area contributed by atoms with Crippen LogP contribution in [0.2, 0.25) is 0 Å². The van der Waals surface area contributed by atoms with Gasteiger partial charge in [-0.25, -0.2) is 9.59 Å². The summed E-state index contributed by atoms with van der Waals surface area (Å²) in [5.41, 5.74) is 1.56. The van der Waals surface area contributed by atoms with Crippen molar-refractivity contribution in [2.45, 2.75) is 26.8 Å². The molecule has 174 valence electrons. The Morgan fingerprint density at radius 3 is 2.70 bits per heavy atom. The van der Waals surface area contributed by atoms with Gasteiger partial charge in [0.15, 0.2) is 17.1 Å². The number of furan rings is 1. The van der Waals surface area contributed by atoms with Gasteiger partial charge in [0, 0.05) is 16.8 Å². The molecule has 10 heteroatoms. The Morgan fingerprint density at radius 2 is 1.97 bits per heavy atom. The zero-order valence-corrected chi connectivity index (χ0v) is 19.4. The summed E-state index contributed by atoms with van der Waals surface area (Å²) in [5.74, 6) is -0.408. The summed E-state index contributed by atoms with van der Waals surface area (Å²) in [6.07, 6.45) is 0.0484. The fourth-order valence-corrected chi connectivity index (χ4v) is 5.00. The maximum Gasteiger partial charge on any atom is 0.410 e. The van der Waals surface area contributed by atoms with Crippen LogP contribution < -0.4 is 10.1 Å². The van der Waals surface area contributed by atoms with Gasteiger partial charge >= 0.3 is 12.1 Å². The average molecular weight is 473 g/mol. The third-order valence-corrected chi connectivity index (χ3v) is 6.37. The molecule has 1 N–H and O–H groups in total. The number of ether oxygens (including phenoxy) is 3. The minimum atomic E-state index is -0.513. The van der Waals surface area contributed by atoms with E-state index in [1.807, 2.05) is 6.07 Å². The monoisotopic (exact) mass is 472 g/mol. The van der Waals surface area contributed by atoms with Crippen molar-refractivity contribution >= 4 is 45.3 Å². The van der Waals surface area contributed by atoms with Crippen LogP contribution in [-0.4, -0.2) is 49.7 Å². The second-order valence-corrected chi connectivity index (χ2v) is 8.35. The largest absolute Gasteiger partial charge is 0.493 e. The van der Waals surface area contributed by atoms with Crippen molar-refractivity contribution in [2.24, 2.45) is 0 Å². The summed E-state index contributed by atoms with van der Waals surface area (Å²) in [5, 5.41) is 3.89. The van der Waals surface area contributed by atoms with Gasteiger partial charge in [0.05, 0.1) is 32.4 Å². The Labute approximate surface area is 194 Å². The molecule has 0 aliphatic carbocycles. The van der Waals surface area contributed by atoms with Crippen molar-refractivity contribution in [1.29, 1.82) is 0 Å². The number of para-hydroxylation sites is 1. The standard InChI is InChI=1S/C23H24N2O7S/c1-4-30-22(27)18-14-9-10-25(23(28)31-5-2)12-17(14)33-21(18)24-20(26)16-11-13-7-6-8-15(29-3)19(13)32-16/h6-8,11H,4-5,9-10,12H2,1-3H3,(H,24,26). The predicted molar refractivity (Wildman–Crippen MR) is 122 cm³/mol. The Kier molecular flexibility index (Phi) is 6.55. The maximum atomic E-state index is 13.0. The van der Waals surface area contributed by atoms with Gasteiger partial charge in [-0.05, 0) is 38.0 Å². The average Bonchev–Trinajstić information content (AvgIpc) is 3.40. The van der Waals surface area contributed by atoms with Crippen LogP contribution >= 0.6 is 11.3 Å². The normalized spacial score (nSPS) is 12.9. The SMILES string of the molecule is CCOC(=O)c1c(NC(=O)c2cc3cccc(OC)c3o2)sc2c1CCN(C(=O)OCC)C2. The number of fused-ring (bicyclic) bond motifs is 2. The van der Waals surface area contributed by atoms with Crippen molar-refractivity contribution in [3.05, 3.63) is 46.0 Å². The molecular weight excluding hydrogens is 448 g/mol. The first kappa shape index (κ1) is 22.7. The first-order valence-corrected chi connectivity index (χ1v) is 11.4. The van der Waals surface area contributed by atoms with E-state index in [0.29, 0.717) is 41.4 Å². The number of nitrogens with one attached hydrogen (secondary N) is 1. The van der Waals surface area contributed by atoms with E-state index in [2.05, 4.69) is 5.32 Å². The Balaban J connectivity index is 1.65. The molecule has 3 aromatic rings. The Morgan fingerprint density at radius 1 is 1.18 bits per heavy atom. The zero-order valence-electron chi connectivity index (χ0n) is 18.6. The fraction of sp³-hybridized carbons (Fsp3) is 0.348. The van der Waals surface area contributed by atoms with E-state index in [0.717, 1.165) is 15.8 Å².